The normalized spacial score (nSPS) is 12.8. The van der Waals surface area contributed by atoms with Crippen LogP contribution < -0.4 is 5.73 Å². The molecule has 104 valence electrons. The molecule has 0 aliphatic rings. The Hall–Kier alpha value is -0.100. The van der Waals surface area contributed by atoms with Crippen molar-refractivity contribution < 1.29 is 4.79 Å². The molecule has 0 aliphatic heterocycles. The molecule has 1 aromatic rings. The van der Waals surface area contributed by atoms with E-state index < -0.39 is 6.04 Å². The second kappa shape index (κ2) is 6.89. The number of carbonyl (C=O) groups is 1. The summed E-state index contributed by atoms with van der Waals surface area (Å²) in [6.45, 7) is 6.54. The van der Waals surface area contributed by atoms with Crippen molar-refractivity contribution in [3.05, 3.63) is 20.8 Å². The number of hydrogen-bond acceptors (Lipinski definition) is 3. The van der Waals surface area contributed by atoms with Crippen LogP contribution in [0.2, 0.25) is 0 Å². The van der Waals surface area contributed by atoms with Crippen LogP contribution in [0.5, 0.6) is 0 Å². The van der Waals surface area contributed by atoms with E-state index in [0.717, 1.165) is 9.35 Å². The molecule has 0 saturated carbocycles. The summed E-state index contributed by atoms with van der Waals surface area (Å²) in [6.07, 6.45) is 0. The molecule has 18 heavy (non-hydrogen) atoms. The molecule has 0 aliphatic carbocycles. The fourth-order valence-corrected chi connectivity index (χ4v) is 2.86. The minimum Gasteiger partial charge on any atom is -0.339 e. The van der Waals surface area contributed by atoms with Gasteiger partial charge in [-0.25, -0.2) is 0 Å². The largest absolute Gasteiger partial charge is 0.339 e. The highest BCUT2D eigenvalue weighted by atomic mass is 79.9. The second-order valence-electron chi connectivity index (χ2n) is 5.27. The molecule has 0 saturated heterocycles. The van der Waals surface area contributed by atoms with Crippen molar-refractivity contribution in [2.24, 2.45) is 11.1 Å². The van der Waals surface area contributed by atoms with Gasteiger partial charge in [0.2, 0.25) is 5.91 Å². The Morgan fingerprint density at radius 1 is 1.56 bits per heavy atom. The first-order valence-corrected chi connectivity index (χ1v) is 7.12. The molecule has 0 bridgehead atoms. The lowest BCUT2D eigenvalue weighted by molar-refractivity contribution is -0.134. The second-order valence-corrected chi connectivity index (χ2v) is 7.18. The lowest BCUT2D eigenvalue weighted by Crippen LogP contribution is -2.48. The van der Waals surface area contributed by atoms with Crippen LogP contribution in [-0.4, -0.2) is 23.9 Å². The molecule has 0 radical (unpaired) electrons. The van der Waals surface area contributed by atoms with Crippen molar-refractivity contribution in [3.63, 3.8) is 0 Å². The topological polar surface area (TPSA) is 46.3 Å². The standard InChI is InChI=1S/C12H19BrN2OS.ClH/c1-12(2,3)10(14)11(16)15(4)6-9-5-8(13)7-17-9;/h5,7,10H,6,14H2,1-4H3;1H/t10-;/m1./s1. The summed E-state index contributed by atoms with van der Waals surface area (Å²) in [4.78, 5) is 14.9. The molecule has 1 amide bonds. The summed E-state index contributed by atoms with van der Waals surface area (Å²) >= 11 is 5.03. The van der Waals surface area contributed by atoms with E-state index in [9.17, 15) is 4.79 Å². The van der Waals surface area contributed by atoms with Gasteiger partial charge in [0, 0.05) is 21.8 Å². The number of nitrogens with two attached hydrogens (primary N) is 1. The molecule has 0 fully saturated rings. The van der Waals surface area contributed by atoms with Gasteiger partial charge in [0.25, 0.3) is 0 Å². The summed E-state index contributed by atoms with van der Waals surface area (Å²) in [5.74, 6) is -0.0120. The van der Waals surface area contributed by atoms with E-state index in [2.05, 4.69) is 15.9 Å². The predicted molar refractivity (Wildman–Crippen MR) is 83.2 cm³/mol. The maximum absolute atomic E-state index is 12.1. The van der Waals surface area contributed by atoms with Crippen LogP contribution in [0.3, 0.4) is 0 Å². The van der Waals surface area contributed by atoms with E-state index in [-0.39, 0.29) is 23.7 Å². The highest BCUT2D eigenvalue weighted by Gasteiger charge is 2.29. The Bertz CT molecular complexity index is 403. The number of likely N-dealkylation sites (N-methyl/N-ethyl adjacent to an activating group) is 1. The molecule has 6 heteroatoms. The Labute approximate surface area is 127 Å². The first-order valence-electron chi connectivity index (χ1n) is 5.45. The van der Waals surface area contributed by atoms with Crippen molar-refractivity contribution in [2.75, 3.05) is 7.05 Å². The number of thiophene rings is 1. The van der Waals surface area contributed by atoms with Crippen molar-refractivity contribution in [2.45, 2.75) is 33.4 Å². The van der Waals surface area contributed by atoms with Gasteiger partial charge in [-0.05, 0) is 27.4 Å². The molecule has 1 rings (SSSR count). The minimum atomic E-state index is -0.462. The highest BCUT2D eigenvalue weighted by molar-refractivity contribution is 9.10. The number of amides is 1. The van der Waals surface area contributed by atoms with Gasteiger partial charge in [-0.3, -0.25) is 4.79 Å². The van der Waals surface area contributed by atoms with Gasteiger partial charge in [-0.2, -0.15) is 0 Å². The van der Waals surface area contributed by atoms with E-state index in [0.29, 0.717) is 6.54 Å². The summed E-state index contributed by atoms with van der Waals surface area (Å²) < 4.78 is 1.05. The van der Waals surface area contributed by atoms with Gasteiger partial charge in [-0.15, -0.1) is 23.7 Å². The Morgan fingerprint density at radius 3 is 2.50 bits per heavy atom. The van der Waals surface area contributed by atoms with Crippen LogP contribution in [0, 0.1) is 5.41 Å². The van der Waals surface area contributed by atoms with Crippen LogP contribution in [0.1, 0.15) is 25.6 Å². The van der Waals surface area contributed by atoms with Gasteiger partial charge in [0.15, 0.2) is 0 Å². The van der Waals surface area contributed by atoms with Crippen molar-refractivity contribution >= 4 is 45.6 Å². The molecule has 1 atom stereocenters. The molecule has 2 N–H and O–H groups in total. The maximum atomic E-state index is 12.1. The zero-order chi connectivity index (χ0) is 13.2. The fraction of sp³-hybridized carbons (Fsp3) is 0.583. The average molecular weight is 356 g/mol. The number of rotatable bonds is 3. The summed E-state index contributed by atoms with van der Waals surface area (Å²) in [6, 6.07) is 1.56. The van der Waals surface area contributed by atoms with Gasteiger partial charge in [0.05, 0.1) is 12.6 Å². The van der Waals surface area contributed by atoms with Crippen LogP contribution in [0.15, 0.2) is 15.9 Å². The van der Waals surface area contributed by atoms with E-state index in [1.54, 1.807) is 23.3 Å². The van der Waals surface area contributed by atoms with Crippen molar-refractivity contribution in [3.8, 4) is 0 Å². The Kier molecular flexibility index (Phi) is 6.85. The Morgan fingerprint density at radius 2 is 2.11 bits per heavy atom. The molecule has 1 aromatic heterocycles. The quantitative estimate of drug-likeness (QED) is 0.904. The predicted octanol–water partition coefficient (Wildman–Crippen LogP) is 3.26. The molecule has 0 aromatic carbocycles. The van der Waals surface area contributed by atoms with Crippen LogP contribution in [0.25, 0.3) is 0 Å². The lowest BCUT2D eigenvalue weighted by Gasteiger charge is -2.29. The SMILES string of the molecule is CN(Cc1cc(Br)cs1)C(=O)[C@@H](N)C(C)(C)C.Cl. The smallest absolute Gasteiger partial charge is 0.240 e. The van der Waals surface area contributed by atoms with Gasteiger partial charge in [-0.1, -0.05) is 20.8 Å². The van der Waals surface area contributed by atoms with E-state index in [1.165, 1.54) is 0 Å². The van der Waals surface area contributed by atoms with Crippen molar-refractivity contribution in [1.29, 1.82) is 0 Å². The van der Waals surface area contributed by atoms with Gasteiger partial charge < -0.3 is 10.6 Å². The zero-order valence-corrected chi connectivity index (χ0v) is 14.3. The average Bonchev–Trinajstić information content (AvgIpc) is 2.60. The minimum absolute atomic E-state index is 0. The lowest BCUT2D eigenvalue weighted by atomic mass is 9.86. The number of carbonyl (C=O) groups excluding carboxylic acids is 1. The van der Waals surface area contributed by atoms with Crippen LogP contribution >= 0.6 is 39.7 Å². The van der Waals surface area contributed by atoms with Gasteiger partial charge >= 0.3 is 0 Å². The molecule has 0 spiro atoms. The van der Waals surface area contributed by atoms with Crippen LogP contribution in [-0.2, 0) is 11.3 Å². The van der Waals surface area contributed by atoms with Crippen molar-refractivity contribution in [1.82, 2.24) is 4.90 Å². The van der Waals surface area contributed by atoms with E-state index >= 15 is 0 Å². The zero-order valence-electron chi connectivity index (χ0n) is 11.1. The van der Waals surface area contributed by atoms with E-state index in [1.807, 2.05) is 32.2 Å². The van der Waals surface area contributed by atoms with E-state index in [4.69, 9.17) is 5.73 Å². The third-order valence-electron chi connectivity index (χ3n) is 2.59. The fourth-order valence-electron chi connectivity index (χ4n) is 1.36. The number of halogens is 2. The van der Waals surface area contributed by atoms with Crippen LogP contribution in [0.4, 0.5) is 0 Å². The number of nitrogens with zero attached hydrogens (tertiary/aromatic N) is 1. The third kappa shape index (κ3) is 4.88. The first-order chi connectivity index (χ1) is 7.71. The summed E-state index contributed by atoms with van der Waals surface area (Å²) in [5.41, 5.74) is 5.75. The molecular weight excluding hydrogens is 336 g/mol. The number of hydrogen-bond donors (Lipinski definition) is 1. The molecular formula is C12H20BrClN2OS. The third-order valence-corrected chi connectivity index (χ3v) is 4.27. The Balaban J connectivity index is 0.00000289. The molecule has 0 unspecified atom stereocenters. The first kappa shape index (κ1) is 17.9. The molecule has 3 nitrogen and oxygen atoms in total. The summed E-state index contributed by atoms with van der Waals surface area (Å²) in [7, 11) is 1.79. The maximum Gasteiger partial charge on any atom is 0.240 e. The molecule has 1 heterocycles. The summed E-state index contributed by atoms with van der Waals surface area (Å²) in [5, 5.41) is 2.01. The van der Waals surface area contributed by atoms with Gasteiger partial charge in [0.1, 0.15) is 0 Å². The highest BCUT2D eigenvalue weighted by Crippen LogP contribution is 2.23. The monoisotopic (exact) mass is 354 g/mol.